The molecule has 0 radical (unpaired) electrons. The van der Waals surface area contributed by atoms with Crippen LogP contribution in [0.5, 0.6) is 0 Å². The fourth-order valence-corrected chi connectivity index (χ4v) is 2.61. The van der Waals surface area contributed by atoms with Gasteiger partial charge in [-0.3, -0.25) is 0 Å². The Balaban J connectivity index is 2.23. The van der Waals surface area contributed by atoms with E-state index in [2.05, 4.69) is 16.9 Å². The van der Waals surface area contributed by atoms with Gasteiger partial charge in [-0.15, -0.1) is 0 Å². The van der Waals surface area contributed by atoms with E-state index in [4.69, 9.17) is 28.9 Å². The number of nitrogens with zero attached hydrogens (tertiary/aromatic N) is 2. The Labute approximate surface area is 135 Å². The summed E-state index contributed by atoms with van der Waals surface area (Å²) in [6.45, 7) is 4.04. The van der Waals surface area contributed by atoms with Crippen molar-refractivity contribution >= 4 is 23.2 Å². The van der Waals surface area contributed by atoms with E-state index in [-0.39, 0.29) is 6.04 Å². The molecule has 0 saturated carbocycles. The summed E-state index contributed by atoms with van der Waals surface area (Å²) in [4.78, 5) is 9.08. The highest BCUT2D eigenvalue weighted by Gasteiger charge is 2.09. The lowest BCUT2D eigenvalue weighted by Gasteiger charge is -2.10. The van der Waals surface area contributed by atoms with Gasteiger partial charge in [0.05, 0.1) is 0 Å². The summed E-state index contributed by atoms with van der Waals surface area (Å²) in [5, 5.41) is 1.27. The predicted octanol–water partition coefficient (Wildman–Crippen LogP) is 3.96. The molecule has 0 aliphatic rings. The first-order valence-corrected chi connectivity index (χ1v) is 7.76. The second-order valence-electron chi connectivity index (χ2n) is 5.20. The van der Waals surface area contributed by atoms with Gasteiger partial charge in [0.2, 0.25) is 0 Å². The minimum Gasteiger partial charge on any atom is -0.327 e. The van der Waals surface area contributed by atoms with Crippen molar-refractivity contribution in [1.82, 2.24) is 9.97 Å². The third kappa shape index (κ3) is 4.67. The maximum atomic E-state index is 6.21. The third-order valence-electron chi connectivity index (χ3n) is 3.31. The van der Waals surface area contributed by atoms with Crippen molar-refractivity contribution in [2.75, 3.05) is 0 Å². The van der Waals surface area contributed by atoms with Crippen LogP contribution < -0.4 is 5.73 Å². The molecule has 0 bridgehead atoms. The molecule has 5 heteroatoms. The summed E-state index contributed by atoms with van der Waals surface area (Å²) < 4.78 is 0. The van der Waals surface area contributed by atoms with Crippen LogP contribution in [0.25, 0.3) is 0 Å². The zero-order valence-electron chi connectivity index (χ0n) is 12.2. The molecular weight excluding hydrogens is 305 g/mol. The summed E-state index contributed by atoms with van der Waals surface area (Å²) in [5.41, 5.74) is 8.90. The summed E-state index contributed by atoms with van der Waals surface area (Å²) in [6.07, 6.45) is 2.29. The van der Waals surface area contributed by atoms with Gasteiger partial charge in [0.15, 0.2) is 0 Å². The van der Waals surface area contributed by atoms with E-state index in [0.717, 1.165) is 35.6 Å². The smallest absolute Gasteiger partial charge is 0.133 e. The highest BCUT2D eigenvalue weighted by Crippen LogP contribution is 2.22. The molecule has 0 aliphatic heterocycles. The van der Waals surface area contributed by atoms with Gasteiger partial charge in [-0.05, 0) is 37.1 Å². The molecule has 0 saturated heterocycles. The quantitative estimate of drug-likeness (QED) is 0.905. The molecule has 3 nitrogen and oxygen atoms in total. The monoisotopic (exact) mass is 323 g/mol. The van der Waals surface area contributed by atoms with E-state index in [1.165, 1.54) is 0 Å². The number of hydrogen-bond acceptors (Lipinski definition) is 3. The summed E-state index contributed by atoms with van der Waals surface area (Å²) in [7, 11) is 0. The molecule has 0 amide bonds. The maximum Gasteiger partial charge on any atom is 0.133 e. The van der Waals surface area contributed by atoms with Crippen LogP contribution in [-0.2, 0) is 12.8 Å². The minimum atomic E-state index is 0.131. The Morgan fingerprint density at radius 3 is 2.62 bits per heavy atom. The predicted molar refractivity (Wildman–Crippen MR) is 88.0 cm³/mol. The maximum absolute atomic E-state index is 6.21. The van der Waals surface area contributed by atoms with E-state index in [1.54, 1.807) is 6.07 Å². The lowest BCUT2D eigenvalue weighted by Crippen LogP contribution is -2.22. The van der Waals surface area contributed by atoms with Crippen LogP contribution in [0.3, 0.4) is 0 Å². The number of nitrogens with two attached hydrogens (primary N) is 1. The van der Waals surface area contributed by atoms with Gasteiger partial charge in [0.1, 0.15) is 5.82 Å². The van der Waals surface area contributed by atoms with Crippen molar-refractivity contribution in [2.45, 2.75) is 39.2 Å². The molecule has 2 rings (SSSR count). The molecule has 1 aromatic heterocycles. The molecule has 112 valence electrons. The molecule has 2 aromatic rings. The van der Waals surface area contributed by atoms with Gasteiger partial charge in [-0.2, -0.15) is 0 Å². The fraction of sp³-hybridized carbons (Fsp3) is 0.375. The molecule has 0 fully saturated rings. The van der Waals surface area contributed by atoms with Gasteiger partial charge in [0, 0.05) is 40.3 Å². The van der Waals surface area contributed by atoms with Crippen molar-refractivity contribution in [1.29, 1.82) is 0 Å². The number of rotatable bonds is 5. The molecule has 21 heavy (non-hydrogen) atoms. The zero-order chi connectivity index (χ0) is 15.4. The van der Waals surface area contributed by atoms with Crippen molar-refractivity contribution in [2.24, 2.45) is 5.73 Å². The van der Waals surface area contributed by atoms with Crippen LogP contribution in [0.15, 0.2) is 24.3 Å². The topological polar surface area (TPSA) is 51.8 Å². The van der Waals surface area contributed by atoms with E-state index < -0.39 is 0 Å². The average Bonchev–Trinajstić information content (AvgIpc) is 2.41. The SMILES string of the molecule is CCC(N)Cc1cc(C)nc(Cc2ccc(Cl)cc2Cl)n1. The normalized spacial score (nSPS) is 12.4. The number of benzene rings is 1. The number of hydrogen-bond donors (Lipinski definition) is 1. The molecule has 1 atom stereocenters. The van der Waals surface area contributed by atoms with E-state index in [0.29, 0.717) is 16.5 Å². The van der Waals surface area contributed by atoms with Gasteiger partial charge >= 0.3 is 0 Å². The highest BCUT2D eigenvalue weighted by atomic mass is 35.5. The zero-order valence-corrected chi connectivity index (χ0v) is 13.7. The van der Waals surface area contributed by atoms with E-state index >= 15 is 0 Å². The van der Waals surface area contributed by atoms with Gasteiger partial charge in [0.25, 0.3) is 0 Å². The second-order valence-corrected chi connectivity index (χ2v) is 6.05. The Morgan fingerprint density at radius 2 is 1.95 bits per heavy atom. The lowest BCUT2D eigenvalue weighted by molar-refractivity contribution is 0.632. The first-order valence-electron chi connectivity index (χ1n) is 7.01. The summed E-state index contributed by atoms with van der Waals surface area (Å²) in [5.74, 6) is 0.762. The fourth-order valence-electron chi connectivity index (χ4n) is 2.13. The van der Waals surface area contributed by atoms with Gasteiger partial charge in [-0.25, -0.2) is 9.97 Å². The molecular formula is C16H19Cl2N3. The van der Waals surface area contributed by atoms with Crippen molar-refractivity contribution < 1.29 is 0 Å². The Morgan fingerprint density at radius 1 is 1.19 bits per heavy atom. The molecule has 0 aliphatic carbocycles. The van der Waals surface area contributed by atoms with Crippen LogP contribution >= 0.6 is 23.2 Å². The average molecular weight is 324 g/mol. The highest BCUT2D eigenvalue weighted by molar-refractivity contribution is 6.35. The molecule has 1 unspecified atom stereocenters. The molecule has 1 aromatic carbocycles. The largest absolute Gasteiger partial charge is 0.327 e. The van der Waals surface area contributed by atoms with Gasteiger partial charge < -0.3 is 5.73 Å². The standard InChI is InChI=1S/C16H19Cl2N3/c1-3-13(19)9-14-6-10(2)20-16(21-14)7-11-4-5-12(17)8-15(11)18/h4-6,8,13H,3,7,9,19H2,1-2H3. The molecule has 2 N–H and O–H groups in total. The van der Waals surface area contributed by atoms with Crippen LogP contribution in [0.2, 0.25) is 10.0 Å². The van der Waals surface area contributed by atoms with E-state index in [1.807, 2.05) is 25.1 Å². The second kappa shape index (κ2) is 7.21. The Hall–Kier alpha value is -1.16. The van der Waals surface area contributed by atoms with Crippen molar-refractivity contribution in [3.63, 3.8) is 0 Å². The van der Waals surface area contributed by atoms with Crippen molar-refractivity contribution in [3.05, 3.63) is 57.1 Å². The number of aryl methyl sites for hydroxylation is 1. The summed E-state index contributed by atoms with van der Waals surface area (Å²) >= 11 is 12.1. The van der Waals surface area contributed by atoms with Gasteiger partial charge in [-0.1, -0.05) is 36.2 Å². The Bertz CT molecular complexity index is 629. The first kappa shape index (κ1) is 16.2. The van der Waals surface area contributed by atoms with Crippen LogP contribution in [-0.4, -0.2) is 16.0 Å². The molecule has 1 heterocycles. The van der Waals surface area contributed by atoms with E-state index in [9.17, 15) is 0 Å². The van der Waals surface area contributed by atoms with Crippen LogP contribution in [0.1, 0.15) is 36.1 Å². The first-order chi connectivity index (χ1) is 9.97. The third-order valence-corrected chi connectivity index (χ3v) is 3.90. The number of aromatic nitrogens is 2. The Kier molecular flexibility index (Phi) is 5.57. The minimum absolute atomic E-state index is 0.131. The lowest BCUT2D eigenvalue weighted by atomic mass is 10.1. The van der Waals surface area contributed by atoms with Crippen LogP contribution in [0.4, 0.5) is 0 Å². The van der Waals surface area contributed by atoms with Crippen molar-refractivity contribution in [3.8, 4) is 0 Å². The molecule has 0 spiro atoms. The number of halogens is 2. The summed E-state index contributed by atoms with van der Waals surface area (Å²) in [6, 6.07) is 7.59. The van der Waals surface area contributed by atoms with Crippen LogP contribution in [0, 0.1) is 6.92 Å².